The summed E-state index contributed by atoms with van der Waals surface area (Å²) >= 11 is 5.61. The molecule has 1 aromatic heterocycles. The van der Waals surface area contributed by atoms with Crippen LogP contribution in [0.5, 0.6) is 0 Å². The molecule has 0 aliphatic carbocycles. The van der Waals surface area contributed by atoms with Gasteiger partial charge in [-0.15, -0.1) is 0 Å². The molecular weight excluding hydrogens is 257 g/mol. The van der Waals surface area contributed by atoms with Gasteiger partial charge in [-0.05, 0) is 24.3 Å². The number of aromatic nitrogens is 1. The SMILES string of the molecule is Nc1ncccc1C(=O)Nc1cccc(Cl)c1F. The Bertz CT molecular complexity index is 604. The highest BCUT2D eigenvalue weighted by Crippen LogP contribution is 2.22. The number of amides is 1. The third-order valence-electron chi connectivity index (χ3n) is 2.28. The molecule has 0 unspecified atom stereocenters. The maximum absolute atomic E-state index is 13.6. The van der Waals surface area contributed by atoms with E-state index in [1.807, 2.05) is 0 Å². The van der Waals surface area contributed by atoms with Crippen LogP contribution in [0.3, 0.4) is 0 Å². The summed E-state index contributed by atoms with van der Waals surface area (Å²) < 4.78 is 13.6. The van der Waals surface area contributed by atoms with E-state index in [-0.39, 0.29) is 22.1 Å². The summed E-state index contributed by atoms with van der Waals surface area (Å²) in [6.07, 6.45) is 1.46. The van der Waals surface area contributed by atoms with Crippen molar-refractivity contribution in [2.45, 2.75) is 0 Å². The third-order valence-corrected chi connectivity index (χ3v) is 2.57. The molecule has 92 valence electrons. The average molecular weight is 266 g/mol. The first kappa shape index (κ1) is 12.3. The van der Waals surface area contributed by atoms with Gasteiger partial charge in [0.25, 0.3) is 5.91 Å². The van der Waals surface area contributed by atoms with Crippen molar-refractivity contribution in [2.75, 3.05) is 11.1 Å². The average Bonchev–Trinajstić information content (AvgIpc) is 2.35. The second-order valence-corrected chi connectivity index (χ2v) is 3.90. The Hall–Kier alpha value is -2.14. The number of nitrogens with two attached hydrogens (primary N) is 1. The number of nitrogens with zero attached hydrogens (tertiary/aromatic N) is 1. The first-order chi connectivity index (χ1) is 8.59. The van der Waals surface area contributed by atoms with Gasteiger partial charge in [0.15, 0.2) is 5.82 Å². The predicted molar refractivity (Wildman–Crippen MR) is 68.0 cm³/mol. The minimum atomic E-state index is -0.685. The van der Waals surface area contributed by atoms with E-state index in [0.717, 1.165) is 0 Å². The summed E-state index contributed by atoms with van der Waals surface area (Å²) in [5, 5.41) is 2.33. The molecule has 0 bridgehead atoms. The summed E-state index contributed by atoms with van der Waals surface area (Å²) in [4.78, 5) is 15.6. The van der Waals surface area contributed by atoms with E-state index < -0.39 is 11.7 Å². The Morgan fingerprint density at radius 1 is 1.33 bits per heavy atom. The molecule has 1 aromatic carbocycles. The van der Waals surface area contributed by atoms with Gasteiger partial charge in [-0.2, -0.15) is 0 Å². The largest absolute Gasteiger partial charge is 0.383 e. The van der Waals surface area contributed by atoms with Crippen molar-refractivity contribution in [1.82, 2.24) is 4.98 Å². The van der Waals surface area contributed by atoms with Crippen LogP contribution < -0.4 is 11.1 Å². The van der Waals surface area contributed by atoms with Gasteiger partial charge in [0.1, 0.15) is 5.82 Å². The van der Waals surface area contributed by atoms with Crippen LogP contribution in [0.1, 0.15) is 10.4 Å². The monoisotopic (exact) mass is 265 g/mol. The molecule has 1 amide bonds. The number of carbonyl (C=O) groups excluding carboxylic acids is 1. The van der Waals surface area contributed by atoms with E-state index >= 15 is 0 Å². The number of benzene rings is 1. The molecule has 0 saturated carbocycles. The molecule has 2 rings (SSSR count). The van der Waals surface area contributed by atoms with Gasteiger partial charge in [-0.1, -0.05) is 17.7 Å². The van der Waals surface area contributed by atoms with Crippen LogP contribution in [-0.2, 0) is 0 Å². The van der Waals surface area contributed by atoms with Crippen molar-refractivity contribution in [3.05, 3.63) is 52.9 Å². The minimum Gasteiger partial charge on any atom is -0.383 e. The molecule has 3 N–H and O–H groups in total. The van der Waals surface area contributed by atoms with Gasteiger partial charge in [0, 0.05) is 6.20 Å². The zero-order valence-corrected chi connectivity index (χ0v) is 9.91. The number of hydrogen-bond donors (Lipinski definition) is 2. The predicted octanol–water partition coefficient (Wildman–Crippen LogP) is 2.71. The van der Waals surface area contributed by atoms with E-state index in [1.165, 1.54) is 30.5 Å². The first-order valence-corrected chi connectivity index (χ1v) is 5.43. The lowest BCUT2D eigenvalue weighted by molar-refractivity contribution is 0.102. The van der Waals surface area contributed by atoms with Crippen molar-refractivity contribution in [2.24, 2.45) is 0 Å². The third kappa shape index (κ3) is 2.41. The molecule has 6 heteroatoms. The number of hydrogen-bond acceptors (Lipinski definition) is 3. The number of nitrogen functional groups attached to an aromatic ring is 1. The minimum absolute atomic E-state index is 0.00393. The lowest BCUT2D eigenvalue weighted by atomic mass is 10.2. The molecule has 0 fully saturated rings. The molecule has 1 heterocycles. The molecule has 0 aliphatic heterocycles. The van der Waals surface area contributed by atoms with Crippen molar-refractivity contribution >= 4 is 29.0 Å². The highest BCUT2D eigenvalue weighted by Gasteiger charge is 2.13. The van der Waals surface area contributed by atoms with E-state index in [2.05, 4.69) is 10.3 Å². The Balaban J connectivity index is 2.27. The number of pyridine rings is 1. The molecule has 2 aromatic rings. The molecule has 0 atom stereocenters. The lowest BCUT2D eigenvalue weighted by Gasteiger charge is -2.08. The highest BCUT2D eigenvalue weighted by molar-refractivity contribution is 6.31. The van der Waals surface area contributed by atoms with Gasteiger partial charge in [0.05, 0.1) is 16.3 Å². The van der Waals surface area contributed by atoms with Crippen LogP contribution in [0.25, 0.3) is 0 Å². The van der Waals surface area contributed by atoms with Crippen molar-refractivity contribution in [1.29, 1.82) is 0 Å². The van der Waals surface area contributed by atoms with Crippen LogP contribution in [0.4, 0.5) is 15.9 Å². The van der Waals surface area contributed by atoms with E-state index in [1.54, 1.807) is 6.07 Å². The van der Waals surface area contributed by atoms with Crippen LogP contribution in [0.2, 0.25) is 5.02 Å². The van der Waals surface area contributed by atoms with Crippen LogP contribution in [-0.4, -0.2) is 10.9 Å². The normalized spacial score (nSPS) is 10.1. The Morgan fingerprint density at radius 3 is 2.83 bits per heavy atom. The number of carbonyl (C=O) groups is 1. The highest BCUT2D eigenvalue weighted by atomic mass is 35.5. The Labute approximate surface area is 108 Å². The van der Waals surface area contributed by atoms with Crippen molar-refractivity contribution < 1.29 is 9.18 Å². The van der Waals surface area contributed by atoms with Crippen LogP contribution in [0, 0.1) is 5.82 Å². The molecule has 0 radical (unpaired) electrons. The quantitative estimate of drug-likeness (QED) is 0.877. The van der Waals surface area contributed by atoms with Gasteiger partial charge in [0.2, 0.25) is 0 Å². The van der Waals surface area contributed by atoms with E-state index in [4.69, 9.17) is 17.3 Å². The Kier molecular flexibility index (Phi) is 3.43. The summed E-state index contributed by atoms with van der Waals surface area (Å²) in [7, 11) is 0. The lowest BCUT2D eigenvalue weighted by Crippen LogP contribution is -2.15. The van der Waals surface area contributed by atoms with Gasteiger partial charge < -0.3 is 11.1 Å². The second kappa shape index (κ2) is 5.01. The summed E-state index contributed by atoms with van der Waals surface area (Å²) in [5.74, 6) is -1.14. The standard InChI is InChI=1S/C12H9ClFN3O/c13-8-4-1-5-9(10(8)14)17-12(18)7-3-2-6-16-11(7)15/h1-6H,(H2,15,16)(H,17,18). The number of anilines is 2. The topological polar surface area (TPSA) is 68.0 Å². The summed E-state index contributed by atoms with van der Waals surface area (Å²) in [6, 6.07) is 7.41. The zero-order valence-electron chi connectivity index (χ0n) is 9.15. The van der Waals surface area contributed by atoms with E-state index in [0.29, 0.717) is 0 Å². The summed E-state index contributed by atoms with van der Waals surface area (Å²) in [6.45, 7) is 0. The number of rotatable bonds is 2. The number of halogens is 2. The molecule has 18 heavy (non-hydrogen) atoms. The fourth-order valence-electron chi connectivity index (χ4n) is 1.40. The molecule has 4 nitrogen and oxygen atoms in total. The maximum atomic E-state index is 13.6. The molecular formula is C12H9ClFN3O. The van der Waals surface area contributed by atoms with Gasteiger partial charge >= 0.3 is 0 Å². The van der Waals surface area contributed by atoms with E-state index in [9.17, 15) is 9.18 Å². The fraction of sp³-hybridized carbons (Fsp3) is 0. The van der Waals surface area contributed by atoms with Crippen LogP contribution in [0.15, 0.2) is 36.5 Å². The van der Waals surface area contributed by atoms with Crippen molar-refractivity contribution in [3.8, 4) is 0 Å². The molecule has 0 saturated heterocycles. The smallest absolute Gasteiger partial charge is 0.259 e. The fourth-order valence-corrected chi connectivity index (χ4v) is 1.57. The number of nitrogens with one attached hydrogen (secondary N) is 1. The zero-order chi connectivity index (χ0) is 13.1. The van der Waals surface area contributed by atoms with Gasteiger partial charge in [-0.25, -0.2) is 9.37 Å². The first-order valence-electron chi connectivity index (χ1n) is 5.05. The summed E-state index contributed by atoms with van der Waals surface area (Å²) in [5.41, 5.74) is 5.73. The van der Waals surface area contributed by atoms with Crippen LogP contribution >= 0.6 is 11.6 Å². The molecule has 0 aliphatic rings. The molecule has 0 spiro atoms. The maximum Gasteiger partial charge on any atom is 0.259 e. The van der Waals surface area contributed by atoms with Gasteiger partial charge in [-0.3, -0.25) is 4.79 Å². The second-order valence-electron chi connectivity index (χ2n) is 3.49. The Morgan fingerprint density at radius 2 is 2.11 bits per heavy atom. The van der Waals surface area contributed by atoms with Crippen molar-refractivity contribution in [3.63, 3.8) is 0 Å².